The number of aliphatic hydroxyl groups is 1. The topological polar surface area (TPSA) is 52.6 Å². The Hall–Kier alpha value is -0.770. The molecule has 0 radical (unpaired) electrons. The van der Waals surface area contributed by atoms with E-state index in [0.717, 1.165) is 38.6 Å². The Bertz CT molecular complexity index is 282. The molecule has 1 fully saturated rings. The summed E-state index contributed by atoms with van der Waals surface area (Å²) in [6, 6.07) is 0.132. The summed E-state index contributed by atoms with van der Waals surface area (Å²) in [4.78, 5) is 14.3. The summed E-state index contributed by atoms with van der Waals surface area (Å²) in [5.41, 5.74) is 0. The number of carbonyl (C=O) groups is 1. The second-order valence-corrected chi connectivity index (χ2v) is 6.26. The van der Waals surface area contributed by atoms with Gasteiger partial charge in [0, 0.05) is 12.6 Å². The zero-order valence-corrected chi connectivity index (χ0v) is 13.4. The van der Waals surface area contributed by atoms with Crippen LogP contribution in [0.1, 0.15) is 72.1 Å². The fourth-order valence-corrected chi connectivity index (χ4v) is 2.82. The molecule has 1 rings (SSSR count). The van der Waals surface area contributed by atoms with Crippen LogP contribution in [0.5, 0.6) is 0 Å². The van der Waals surface area contributed by atoms with E-state index in [-0.39, 0.29) is 24.2 Å². The number of rotatable bonds is 7. The van der Waals surface area contributed by atoms with Crippen LogP contribution >= 0.6 is 0 Å². The van der Waals surface area contributed by atoms with Crippen molar-refractivity contribution in [3.05, 3.63) is 0 Å². The number of amides is 2. The number of hydrogen-bond donors (Lipinski definition) is 2. The molecule has 1 aliphatic carbocycles. The normalized spacial score (nSPS) is 22.9. The second kappa shape index (κ2) is 9.22. The van der Waals surface area contributed by atoms with Gasteiger partial charge in [-0.1, -0.05) is 39.0 Å². The van der Waals surface area contributed by atoms with Gasteiger partial charge in [-0.25, -0.2) is 4.79 Å². The summed E-state index contributed by atoms with van der Waals surface area (Å²) >= 11 is 0. The van der Waals surface area contributed by atoms with E-state index in [0.29, 0.717) is 0 Å². The monoisotopic (exact) mass is 284 g/mol. The average Bonchev–Trinajstić information content (AvgIpc) is 2.40. The molecule has 2 atom stereocenters. The maximum Gasteiger partial charge on any atom is 0.317 e. The third kappa shape index (κ3) is 5.70. The molecule has 0 aromatic carbocycles. The molecule has 0 bridgehead atoms. The van der Waals surface area contributed by atoms with Gasteiger partial charge in [0.15, 0.2) is 0 Å². The van der Waals surface area contributed by atoms with E-state index in [1.807, 2.05) is 4.90 Å². The highest BCUT2D eigenvalue weighted by Gasteiger charge is 2.26. The number of carbonyl (C=O) groups excluding carboxylic acids is 1. The Balaban J connectivity index is 2.42. The van der Waals surface area contributed by atoms with E-state index in [4.69, 9.17) is 0 Å². The minimum atomic E-state index is -0.373. The predicted molar refractivity (Wildman–Crippen MR) is 82.8 cm³/mol. The molecular weight excluding hydrogens is 252 g/mol. The van der Waals surface area contributed by atoms with Crippen LogP contribution < -0.4 is 5.32 Å². The molecule has 0 heterocycles. The quantitative estimate of drug-likeness (QED) is 0.705. The van der Waals surface area contributed by atoms with Gasteiger partial charge in [0.2, 0.25) is 0 Å². The third-order valence-corrected chi connectivity index (χ3v) is 4.18. The van der Waals surface area contributed by atoms with Crippen LogP contribution in [0.4, 0.5) is 4.79 Å². The minimum absolute atomic E-state index is 0.0116. The van der Waals surface area contributed by atoms with Gasteiger partial charge in [-0.3, -0.25) is 0 Å². The highest BCUT2D eigenvalue weighted by molar-refractivity contribution is 5.74. The molecule has 4 nitrogen and oxygen atoms in total. The fourth-order valence-electron chi connectivity index (χ4n) is 2.82. The fraction of sp³-hybridized carbons (Fsp3) is 0.938. The van der Waals surface area contributed by atoms with E-state index < -0.39 is 0 Å². The lowest BCUT2D eigenvalue weighted by molar-refractivity contribution is 0.0880. The number of nitrogens with one attached hydrogen (secondary N) is 1. The smallest absolute Gasteiger partial charge is 0.317 e. The summed E-state index contributed by atoms with van der Waals surface area (Å²) < 4.78 is 0. The van der Waals surface area contributed by atoms with Crippen LogP contribution in [-0.2, 0) is 0 Å². The molecule has 0 spiro atoms. The third-order valence-electron chi connectivity index (χ3n) is 4.18. The van der Waals surface area contributed by atoms with Gasteiger partial charge in [-0.2, -0.15) is 0 Å². The molecule has 118 valence electrons. The van der Waals surface area contributed by atoms with E-state index >= 15 is 0 Å². The summed E-state index contributed by atoms with van der Waals surface area (Å²) in [7, 11) is 0. The van der Waals surface area contributed by atoms with E-state index in [2.05, 4.69) is 26.1 Å². The first-order valence-corrected chi connectivity index (χ1v) is 8.31. The Morgan fingerprint density at radius 2 is 1.95 bits per heavy atom. The zero-order valence-electron chi connectivity index (χ0n) is 13.4. The Kier molecular flexibility index (Phi) is 7.97. The lowest BCUT2D eigenvalue weighted by Crippen LogP contribution is -2.52. The molecule has 0 aliphatic heterocycles. The van der Waals surface area contributed by atoms with Crippen molar-refractivity contribution in [2.24, 2.45) is 0 Å². The van der Waals surface area contributed by atoms with Gasteiger partial charge in [-0.15, -0.1) is 0 Å². The van der Waals surface area contributed by atoms with Crippen molar-refractivity contribution in [3.8, 4) is 0 Å². The maximum absolute atomic E-state index is 12.4. The predicted octanol–water partition coefficient (Wildman–Crippen LogP) is 3.29. The molecule has 2 amide bonds. The number of nitrogens with zero attached hydrogens (tertiary/aromatic N) is 1. The van der Waals surface area contributed by atoms with E-state index in [9.17, 15) is 9.90 Å². The van der Waals surface area contributed by atoms with Gasteiger partial charge >= 0.3 is 6.03 Å². The lowest BCUT2D eigenvalue weighted by Gasteiger charge is -2.33. The molecule has 1 saturated carbocycles. The molecule has 4 heteroatoms. The van der Waals surface area contributed by atoms with Crippen LogP contribution in [0, 0.1) is 0 Å². The molecule has 0 aromatic heterocycles. The molecule has 2 N–H and O–H groups in total. The van der Waals surface area contributed by atoms with Crippen molar-refractivity contribution in [2.75, 3.05) is 6.54 Å². The number of urea groups is 1. The Morgan fingerprint density at radius 1 is 1.25 bits per heavy atom. The lowest BCUT2D eigenvalue weighted by atomic mass is 9.93. The van der Waals surface area contributed by atoms with Crippen molar-refractivity contribution in [1.29, 1.82) is 0 Å². The van der Waals surface area contributed by atoms with Crippen LogP contribution in [0.2, 0.25) is 0 Å². The van der Waals surface area contributed by atoms with Crippen LogP contribution in [-0.4, -0.2) is 40.8 Å². The van der Waals surface area contributed by atoms with Crippen molar-refractivity contribution in [2.45, 2.75) is 90.3 Å². The SMILES string of the molecule is CCCCCCN(C(=O)NC1CCCCC1O)C(C)C. The van der Waals surface area contributed by atoms with Gasteiger partial charge in [0.25, 0.3) is 0 Å². The zero-order chi connectivity index (χ0) is 15.0. The Morgan fingerprint density at radius 3 is 2.55 bits per heavy atom. The maximum atomic E-state index is 12.4. The van der Waals surface area contributed by atoms with Crippen LogP contribution in [0.25, 0.3) is 0 Å². The highest BCUT2D eigenvalue weighted by atomic mass is 16.3. The number of unbranched alkanes of at least 4 members (excludes halogenated alkanes) is 3. The Labute approximate surface area is 123 Å². The number of hydrogen-bond acceptors (Lipinski definition) is 2. The summed E-state index contributed by atoms with van der Waals surface area (Å²) in [6.45, 7) is 7.11. The molecule has 0 saturated heterocycles. The first kappa shape index (κ1) is 17.3. The van der Waals surface area contributed by atoms with E-state index in [1.54, 1.807) is 0 Å². The summed E-state index contributed by atoms with van der Waals surface area (Å²) in [5, 5.41) is 13.0. The van der Waals surface area contributed by atoms with E-state index in [1.165, 1.54) is 19.3 Å². The average molecular weight is 284 g/mol. The summed E-state index contributed by atoms with van der Waals surface area (Å²) in [6.07, 6.45) is 8.18. The molecular formula is C16H32N2O2. The first-order chi connectivity index (χ1) is 9.56. The largest absolute Gasteiger partial charge is 0.391 e. The second-order valence-electron chi connectivity index (χ2n) is 6.26. The molecule has 2 unspecified atom stereocenters. The van der Waals surface area contributed by atoms with Crippen LogP contribution in [0.3, 0.4) is 0 Å². The standard InChI is InChI=1S/C16H32N2O2/c1-4-5-6-9-12-18(13(2)3)16(20)17-14-10-7-8-11-15(14)19/h13-15,19H,4-12H2,1-3H3,(H,17,20). The molecule has 0 aromatic rings. The highest BCUT2D eigenvalue weighted by Crippen LogP contribution is 2.19. The number of aliphatic hydroxyl groups excluding tert-OH is 1. The van der Waals surface area contributed by atoms with Gasteiger partial charge < -0.3 is 15.3 Å². The van der Waals surface area contributed by atoms with Gasteiger partial charge in [-0.05, 0) is 33.1 Å². The van der Waals surface area contributed by atoms with Crippen LogP contribution in [0.15, 0.2) is 0 Å². The van der Waals surface area contributed by atoms with Gasteiger partial charge in [0.05, 0.1) is 12.1 Å². The van der Waals surface area contributed by atoms with Gasteiger partial charge in [0.1, 0.15) is 0 Å². The van der Waals surface area contributed by atoms with Crippen molar-refractivity contribution >= 4 is 6.03 Å². The van der Waals surface area contributed by atoms with Crippen molar-refractivity contribution < 1.29 is 9.90 Å². The van der Waals surface area contributed by atoms with Crippen molar-refractivity contribution in [3.63, 3.8) is 0 Å². The summed E-state index contributed by atoms with van der Waals surface area (Å²) in [5.74, 6) is 0. The van der Waals surface area contributed by atoms with Crippen molar-refractivity contribution in [1.82, 2.24) is 10.2 Å². The first-order valence-electron chi connectivity index (χ1n) is 8.31. The molecule has 20 heavy (non-hydrogen) atoms. The molecule has 1 aliphatic rings. The minimum Gasteiger partial charge on any atom is -0.391 e.